The van der Waals surface area contributed by atoms with Crippen LogP contribution in [-0.2, 0) is 0 Å². The molecule has 1 N–H and O–H groups in total. The molecule has 82 valence electrons. The van der Waals surface area contributed by atoms with Gasteiger partial charge in [0.25, 0.3) is 5.91 Å². The Bertz CT molecular complexity index is 364. The Morgan fingerprint density at radius 2 is 2.13 bits per heavy atom. The molecule has 0 bridgehead atoms. The maximum atomic E-state index is 11.5. The molecule has 0 aliphatic carbocycles. The molecule has 1 rings (SSSR count). The summed E-state index contributed by atoms with van der Waals surface area (Å²) in [6.45, 7) is 3.89. The molecule has 0 aliphatic rings. The van der Waals surface area contributed by atoms with Crippen molar-refractivity contribution >= 4 is 21.8 Å². The van der Waals surface area contributed by atoms with Gasteiger partial charge >= 0.3 is 0 Å². The van der Waals surface area contributed by atoms with Gasteiger partial charge in [0.1, 0.15) is 5.75 Å². The Kier molecular flexibility index (Phi) is 4.15. The van der Waals surface area contributed by atoms with E-state index < -0.39 is 0 Å². The van der Waals surface area contributed by atoms with E-state index in [0.29, 0.717) is 11.3 Å². The molecule has 0 saturated heterocycles. The molecule has 1 amide bonds. The molecule has 0 unspecified atom stereocenters. The first-order valence-corrected chi connectivity index (χ1v) is 5.52. The van der Waals surface area contributed by atoms with Crippen LogP contribution in [0.2, 0.25) is 0 Å². The van der Waals surface area contributed by atoms with E-state index in [2.05, 4.69) is 21.2 Å². The van der Waals surface area contributed by atoms with E-state index in [1.165, 1.54) is 0 Å². The van der Waals surface area contributed by atoms with Gasteiger partial charge in [-0.05, 0) is 48.0 Å². The van der Waals surface area contributed by atoms with Crippen LogP contribution in [-0.4, -0.2) is 19.1 Å². The highest BCUT2D eigenvalue weighted by atomic mass is 79.9. The highest BCUT2D eigenvalue weighted by Gasteiger charge is 2.10. The van der Waals surface area contributed by atoms with Gasteiger partial charge in [0.15, 0.2) is 0 Å². The number of ether oxygens (including phenoxy) is 1. The third kappa shape index (κ3) is 3.23. The Hall–Kier alpha value is -1.03. The maximum absolute atomic E-state index is 11.5. The van der Waals surface area contributed by atoms with E-state index in [4.69, 9.17) is 4.74 Å². The van der Waals surface area contributed by atoms with Gasteiger partial charge in [-0.25, -0.2) is 0 Å². The molecular weight excluding hydrogens is 258 g/mol. The lowest BCUT2D eigenvalue weighted by Crippen LogP contribution is -2.18. The largest absolute Gasteiger partial charge is 0.491 e. The molecule has 0 saturated carbocycles. The van der Waals surface area contributed by atoms with E-state index in [-0.39, 0.29) is 12.0 Å². The number of hydrogen-bond acceptors (Lipinski definition) is 2. The highest BCUT2D eigenvalue weighted by molar-refractivity contribution is 9.10. The summed E-state index contributed by atoms with van der Waals surface area (Å²) in [6, 6.07) is 5.36. The van der Waals surface area contributed by atoms with Crippen LogP contribution < -0.4 is 10.1 Å². The fraction of sp³-hybridized carbons (Fsp3) is 0.364. The third-order valence-electron chi connectivity index (χ3n) is 1.78. The van der Waals surface area contributed by atoms with E-state index in [9.17, 15) is 4.79 Å². The number of rotatable bonds is 3. The van der Waals surface area contributed by atoms with Gasteiger partial charge < -0.3 is 10.1 Å². The molecule has 0 heterocycles. The average molecular weight is 272 g/mol. The van der Waals surface area contributed by atoms with Crippen LogP contribution in [0.4, 0.5) is 0 Å². The van der Waals surface area contributed by atoms with Crippen LogP contribution in [0.15, 0.2) is 22.7 Å². The maximum Gasteiger partial charge on any atom is 0.252 e. The first kappa shape index (κ1) is 12.0. The standard InChI is InChI=1S/C11H14BrNO2/c1-7(2)15-8-4-5-10(12)9(6-8)11(14)13-3/h4-7H,1-3H3,(H,13,14). The second-order valence-corrected chi connectivity index (χ2v) is 4.24. The summed E-state index contributed by atoms with van der Waals surface area (Å²) in [5.41, 5.74) is 0.579. The summed E-state index contributed by atoms with van der Waals surface area (Å²) >= 11 is 3.32. The van der Waals surface area contributed by atoms with Crippen molar-refractivity contribution < 1.29 is 9.53 Å². The van der Waals surface area contributed by atoms with Crippen LogP contribution in [0, 0.1) is 0 Å². The molecule has 1 aromatic carbocycles. The Labute approximate surface area is 97.9 Å². The van der Waals surface area contributed by atoms with Gasteiger partial charge in [-0.2, -0.15) is 0 Å². The summed E-state index contributed by atoms with van der Waals surface area (Å²) < 4.78 is 6.27. The molecule has 0 atom stereocenters. The summed E-state index contributed by atoms with van der Waals surface area (Å²) in [5.74, 6) is 0.572. The average Bonchev–Trinajstić information content (AvgIpc) is 2.19. The van der Waals surface area contributed by atoms with Crippen molar-refractivity contribution in [2.75, 3.05) is 7.05 Å². The fourth-order valence-corrected chi connectivity index (χ4v) is 1.59. The van der Waals surface area contributed by atoms with Gasteiger partial charge in [-0.15, -0.1) is 0 Å². The minimum atomic E-state index is -0.129. The lowest BCUT2D eigenvalue weighted by atomic mass is 10.2. The fourth-order valence-electron chi connectivity index (χ4n) is 1.16. The number of carbonyl (C=O) groups excluding carboxylic acids is 1. The van der Waals surface area contributed by atoms with Crippen molar-refractivity contribution in [3.63, 3.8) is 0 Å². The van der Waals surface area contributed by atoms with Gasteiger partial charge in [-0.1, -0.05) is 0 Å². The minimum absolute atomic E-state index is 0.101. The molecule has 4 heteroatoms. The molecule has 0 aromatic heterocycles. The van der Waals surface area contributed by atoms with Crippen molar-refractivity contribution in [3.05, 3.63) is 28.2 Å². The first-order valence-electron chi connectivity index (χ1n) is 4.73. The van der Waals surface area contributed by atoms with E-state index in [1.807, 2.05) is 26.0 Å². The third-order valence-corrected chi connectivity index (χ3v) is 2.47. The molecule has 0 fully saturated rings. The number of nitrogens with one attached hydrogen (secondary N) is 1. The number of hydrogen-bond donors (Lipinski definition) is 1. The quantitative estimate of drug-likeness (QED) is 0.918. The van der Waals surface area contributed by atoms with Crippen molar-refractivity contribution in [2.45, 2.75) is 20.0 Å². The van der Waals surface area contributed by atoms with Crippen molar-refractivity contribution in [2.24, 2.45) is 0 Å². The second kappa shape index (κ2) is 5.16. The Morgan fingerprint density at radius 1 is 1.47 bits per heavy atom. The molecule has 1 aromatic rings. The van der Waals surface area contributed by atoms with E-state index >= 15 is 0 Å². The summed E-state index contributed by atoms with van der Waals surface area (Å²) in [7, 11) is 1.60. The van der Waals surface area contributed by atoms with E-state index in [0.717, 1.165) is 4.47 Å². The highest BCUT2D eigenvalue weighted by Crippen LogP contribution is 2.23. The molecule has 3 nitrogen and oxygen atoms in total. The zero-order valence-electron chi connectivity index (χ0n) is 9.00. The molecular formula is C11H14BrNO2. The van der Waals surface area contributed by atoms with Crippen LogP contribution in [0.3, 0.4) is 0 Å². The zero-order chi connectivity index (χ0) is 11.4. The SMILES string of the molecule is CNC(=O)c1cc(OC(C)C)ccc1Br. The summed E-state index contributed by atoms with van der Waals surface area (Å²) in [5, 5.41) is 2.58. The molecule has 15 heavy (non-hydrogen) atoms. The predicted molar refractivity (Wildman–Crippen MR) is 63.3 cm³/mol. The number of amides is 1. The lowest BCUT2D eigenvalue weighted by Gasteiger charge is -2.11. The lowest BCUT2D eigenvalue weighted by molar-refractivity contribution is 0.0961. The van der Waals surface area contributed by atoms with Crippen LogP contribution in [0.1, 0.15) is 24.2 Å². The van der Waals surface area contributed by atoms with Gasteiger partial charge in [0, 0.05) is 11.5 Å². The topological polar surface area (TPSA) is 38.3 Å². The molecule has 0 spiro atoms. The predicted octanol–water partition coefficient (Wildman–Crippen LogP) is 2.60. The molecule has 0 radical (unpaired) electrons. The van der Waals surface area contributed by atoms with Gasteiger partial charge in [0.05, 0.1) is 11.7 Å². The normalized spacial score (nSPS) is 10.2. The van der Waals surface area contributed by atoms with E-state index in [1.54, 1.807) is 13.1 Å². The smallest absolute Gasteiger partial charge is 0.252 e. The minimum Gasteiger partial charge on any atom is -0.491 e. The van der Waals surface area contributed by atoms with Crippen LogP contribution >= 0.6 is 15.9 Å². The zero-order valence-corrected chi connectivity index (χ0v) is 10.6. The molecule has 0 aliphatic heterocycles. The van der Waals surface area contributed by atoms with Crippen molar-refractivity contribution in [1.29, 1.82) is 0 Å². The number of carbonyl (C=O) groups is 1. The first-order chi connectivity index (χ1) is 7.04. The van der Waals surface area contributed by atoms with Gasteiger partial charge in [0.2, 0.25) is 0 Å². The van der Waals surface area contributed by atoms with Crippen molar-refractivity contribution in [3.8, 4) is 5.75 Å². The van der Waals surface area contributed by atoms with Crippen LogP contribution in [0.25, 0.3) is 0 Å². The number of halogens is 1. The summed E-state index contributed by atoms with van der Waals surface area (Å²) in [4.78, 5) is 11.5. The van der Waals surface area contributed by atoms with Gasteiger partial charge in [-0.3, -0.25) is 4.79 Å². The van der Waals surface area contributed by atoms with Crippen molar-refractivity contribution in [1.82, 2.24) is 5.32 Å². The summed E-state index contributed by atoms with van der Waals surface area (Å²) in [6.07, 6.45) is 0.101. The second-order valence-electron chi connectivity index (χ2n) is 3.39. The Morgan fingerprint density at radius 3 is 2.67 bits per heavy atom. The Balaban J connectivity index is 3.00. The monoisotopic (exact) mass is 271 g/mol. The van der Waals surface area contributed by atoms with Crippen LogP contribution in [0.5, 0.6) is 5.75 Å². The number of benzene rings is 1.